The summed E-state index contributed by atoms with van der Waals surface area (Å²) in [5.74, 6) is -0.311. The molecule has 32 heavy (non-hydrogen) atoms. The largest absolute Gasteiger partial charge is 0.379 e. The molecule has 0 saturated carbocycles. The Bertz CT molecular complexity index is 1130. The Kier molecular flexibility index (Phi) is 7.25. The lowest BCUT2D eigenvalue weighted by Crippen LogP contribution is -2.42. The van der Waals surface area contributed by atoms with Crippen LogP contribution < -0.4 is 10.9 Å². The van der Waals surface area contributed by atoms with Crippen molar-refractivity contribution in [1.29, 1.82) is 0 Å². The van der Waals surface area contributed by atoms with Crippen LogP contribution in [-0.2, 0) is 26.1 Å². The normalized spacial score (nSPS) is 18.8. The van der Waals surface area contributed by atoms with Gasteiger partial charge < -0.3 is 10.1 Å². The zero-order valence-corrected chi connectivity index (χ0v) is 19.8. The van der Waals surface area contributed by atoms with Crippen LogP contribution in [0.3, 0.4) is 0 Å². The quantitative estimate of drug-likeness (QED) is 0.606. The molecule has 2 aliphatic heterocycles. The topological polar surface area (TPSA) is 114 Å². The molecule has 176 valence electrons. The van der Waals surface area contributed by atoms with Crippen molar-refractivity contribution in [1.82, 2.24) is 24.1 Å². The number of amides is 1. The number of carbonyl (C=O) groups is 1. The second-order valence-corrected chi connectivity index (χ2v) is 11.2. The second-order valence-electron chi connectivity index (χ2n) is 8.11. The van der Waals surface area contributed by atoms with Gasteiger partial charge in [-0.1, -0.05) is 6.42 Å². The van der Waals surface area contributed by atoms with Crippen LogP contribution in [0, 0.1) is 6.92 Å². The van der Waals surface area contributed by atoms with Gasteiger partial charge in [0.1, 0.15) is 16.3 Å². The summed E-state index contributed by atoms with van der Waals surface area (Å²) in [6.07, 6.45) is 3.95. The van der Waals surface area contributed by atoms with E-state index in [4.69, 9.17) is 4.74 Å². The maximum atomic E-state index is 13.3. The molecule has 0 unspecified atom stereocenters. The molecule has 0 spiro atoms. The molecule has 4 heterocycles. The Labute approximate surface area is 191 Å². The van der Waals surface area contributed by atoms with E-state index in [0.29, 0.717) is 49.1 Å². The molecule has 1 N–H and O–H groups in total. The molecule has 2 saturated heterocycles. The summed E-state index contributed by atoms with van der Waals surface area (Å²) < 4.78 is 34.6. The number of fused-ring (bicyclic) bond motifs is 1. The highest BCUT2D eigenvalue weighted by atomic mass is 32.2. The number of hydrogen-bond donors (Lipinski definition) is 1. The summed E-state index contributed by atoms with van der Waals surface area (Å²) >= 11 is 1.19. The van der Waals surface area contributed by atoms with Crippen molar-refractivity contribution in [2.24, 2.45) is 0 Å². The van der Waals surface area contributed by atoms with E-state index in [-0.39, 0.29) is 22.7 Å². The SMILES string of the molecule is Cc1sc2ncn(CC(=O)NCCN3CCOCC3)c(=O)c2c1S(=O)(=O)N1CCCCC1. The standard InChI is InChI=1S/C20H29N5O5S2/c1-15-18(32(28,29)25-6-3-2-4-7-25)17-19(31-15)22-14-24(20(17)27)13-16(26)21-5-8-23-9-11-30-12-10-23/h14H,2-13H2,1H3,(H,21,26). The lowest BCUT2D eigenvalue weighted by molar-refractivity contribution is -0.121. The predicted molar refractivity (Wildman–Crippen MR) is 121 cm³/mol. The van der Waals surface area contributed by atoms with Crippen molar-refractivity contribution in [2.75, 3.05) is 52.5 Å². The number of thiophene rings is 1. The Hall–Kier alpha value is -1.86. The van der Waals surface area contributed by atoms with Crippen LogP contribution in [0.25, 0.3) is 10.2 Å². The average molecular weight is 484 g/mol. The number of rotatable bonds is 7. The summed E-state index contributed by atoms with van der Waals surface area (Å²) in [7, 11) is -3.80. The first-order valence-corrected chi connectivity index (χ1v) is 13.2. The Balaban J connectivity index is 1.52. The summed E-state index contributed by atoms with van der Waals surface area (Å²) in [4.78, 5) is 33.1. The maximum absolute atomic E-state index is 13.3. The van der Waals surface area contributed by atoms with Gasteiger partial charge >= 0.3 is 0 Å². The van der Waals surface area contributed by atoms with Crippen molar-refractivity contribution in [3.05, 3.63) is 21.6 Å². The van der Waals surface area contributed by atoms with Gasteiger partial charge in [-0.3, -0.25) is 19.1 Å². The predicted octanol–water partition coefficient (Wildman–Crippen LogP) is 0.389. The van der Waals surface area contributed by atoms with E-state index < -0.39 is 15.6 Å². The molecule has 1 amide bonds. The number of carbonyl (C=O) groups excluding carboxylic acids is 1. The van der Waals surface area contributed by atoms with E-state index in [2.05, 4.69) is 15.2 Å². The molecule has 2 fully saturated rings. The van der Waals surface area contributed by atoms with Crippen molar-refractivity contribution in [2.45, 2.75) is 37.6 Å². The number of morpholine rings is 1. The second kappa shape index (κ2) is 9.96. The monoisotopic (exact) mass is 483 g/mol. The zero-order valence-electron chi connectivity index (χ0n) is 18.2. The molecule has 2 aromatic heterocycles. The number of hydrogen-bond acceptors (Lipinski definition) is 8. The van der Waals surface area contributed by atoms with Crippen LogP contribution in [-0.4, -0.2) is 85.6 Å². The van der Waals surface area contributed by atoms with Crippen LogP contribution in [0.4, 0.5) is 0 Å². The van der Waals surface area contributed by atoms with Gasteiger partial charge in [-0.25, -0.2) is 13.4 Å². The van der Waals surface area contributed by atoms with Crippen LogP contribution in [0.2, 0.25) is 0 Å². The van der Waals surface area contributed by atoms with Crippen LogP contribution in [0.5, 0.6) is 0 Å². The maximum Gasteiger partial charge on any atom is 0.263 e. The van der Waals surface area contributed by atoms with Crippen molar-refractivity contribution < 1.29 is 17.9 Å². The number of nitrogens with zero attached hydrogens (tertiary/aromatic N) is 4. The minimum absolute atomic E-state index is 0.0407. The fraction of sp³-hybridized carbons (Fsp3) is 0.650. The van der Waals surface area contributed by atoms with Gasteiger partial charge in [0.05, 0.1) is 24.9 Å². The van der Waals surface area contributed by atoms with Crippen molar-refractivity contribution in [3.8, 4) is 0 Å². The fourth-order valence-corrected chi connectivity index (χ4v) is 7.34. The lowest BCUT2D eigenvalue weighted by atomic mass is 10.2. The van der Waals surface area contributed by atoms with Gasteiger partial charge in [-0.15, -0.1) is 11.3 Å². The molecule has 0 radical (unpaired) electrons. The van der Waals surface area contributed by atoms with Gasteiger partial charge in [0.15, 0.2) is 0 Å². The first-order valence-electron chi connectivity index (χ1n) is 10.9. The Morgan fingerprint density at radius 3 is 2.62 bits per heavy atom. The van der Waals surface area contributed by atoms with Crippen molar-refractivity contribution in [3.63, 3.8) is 0 Å². The van der Waals surface area contributed by atoms with Gasteiger partial charge in [-0.2, -0.15) is 4.31 Å². The molecule has 0 bridgehead atoms. The van der Waals surface area contributed by atoms with E-state index in [1.165, 1.54) is 26.5 Å². The third-order valence-corrected chi connectivity index (χ3v) is 9.09. The number of nitrogens with one attached hydrogen (secondary N) is 1. The van der Waals surface area contributed by atoms with Gasteiger partial charge in [0, 0.05) is 44.1 Å². The third kappa shape index (κ3) is 4.88. The molecule has 0 atom stereocenters. The molecular weight excluding hydrogens is 454 g/mol. The van der Waals surface area contributed by atoms with Crippen molar-refractivity contribution >= 4 is 37.5 Å². The third-order valence-electron chi connectivity index (χ3n) is 5.88. The highest BCUT2D eigenvalue weighted by Crippen LogP contribution is 2.33. The smallest absolute Gasteiger partial charge is 0.263 e. The van der Waals surface area contributed by atoms with Gasteiger partial charge in [0.2, 0.25) is 15.9 Å². The number of aryl methyl sites for hydroxylation is 1. The first-order chi connectivity index (χ1) is 15.4. The van der Waals surface area contributed by atoms with E-state index in [1.807, 2.05) is 0 Å². The van der Waals surface area contributed by atoms with E-state index in [9.17, 15) is 18.0 Å². The van der Waals surface area contributed by atoms with Crippen LogP contribution in [0.1, 0.15) is 24.1 Å². The minimum atomic E-state index is -3.80. The molecule has 2 aliphatic rings. The summed E-state index contributed by atoms with van der Waals surface area (Å²) in [5.41, 5.74) is -0.502. The summed E-state index contributed by atoms with van der Waals surface area (Å²) in [6, 6.07) is 0. The first kappa shape index (κ1) is 23.3. The van der Waals surface area contributed by atoms with Crippen LogP contribution >= 0.6 is 11.3 Å². The highest BCUT2D eigenvalue weighted by molar-refractivity contribution is 7.89. The lowest BCUT2D eigenvalue weighted by Gasteiger charge is -2.26. The number of sulfonamides is 1. The summed E-state index contributed by atoms with van der Waals surface area (Å²) in [6.45, 7) is 6.64. The Morgan fingerprint density at radius 1 is 1.19 bits per heavy atom. The molecule has 10 nitrogen and oxygen atoms in total. The molecule has 4 rings (SSSR count). The van der Waals surface area contributed by atoms with Gasteiger partial charge in [-0.05, 0) is 19.8 Å². The number of ether oxygens (including phenoxy) is 1. The number of piperidine rings is 1. The van der Waals surface area contributed by atoms with E-state index in [0.717, 1.165) is 32.4 Å². The average Bonchev–Trinajstić information content (AvgIpc) is 3.14. The molecular formula is C20H29N5O5S2. The van der Waals surface area contributed by atoms with E-state index >= 15 is 0 Å². The Morgan fingerprint density at radius 2 is 1.91 bits per heavy atom. The minimum Gasteiger partial charge on any atom is -0.379 e. The zero-order chi connectivity index (χ0) is 22.7. The highest BCUT2D eigenvalue weighted by Gasteiger charge is 2.32. The molecule has 2 aromatic rings. The molecule has 12 heteroatoms. The molecule has 0 aliphatic carbocycles. The molecule has 0 aromatic carbocycles. The fourth-order valence-electron chi connectivity index (χ4n) is 4.16. The van der Waals surface area contributed by atoms with Crippen LogP contribution in [0.15, 0.2) is 16.0 Å². The van der Waals surface area contributed by atoms with E-state index in [1.54, 1.807) is 6.92 Å². The number of aromatic nitrogens is 2. The van der Waals surface area contributed by atoms with Gasteiger partial charge in [0.25, 0.3) is 5.56 Å². The summed E-state index contributed by atoms with van der Waals surface area (Å²) in [5, 5.41) is 2.91.